The lowest BCUT2D eigenvalue weighted by atomic mass is 10.1. The molecular formula is C12H25N3O2. The van der Waals surface area contributed by atoms with Gasteiger partial charge in [0.1, 0.15) is 0 Å². The normalized spacial score (nSPS) is 12.0. The van der Waals surface area contributed by atoms with Gasteiger partial charge in [-0.1, -0.05) is 6.92 Å². The fourth-order valence-electron chi connectivity index (χ4n) is 1.50. The van der Waals surface area contributed by atoms with Gasteiger partial charge in [0.2, 0.25) is 11.8 Å². The van der Waals surface area contributed by atoms with Crippen LogP contribution in [0, 0.1) is 0 Å². The molecule has 0 aromatic rings. The first kappa shape index (κ1) is 15.9. The molecule has 1 atom stereocenters. The van der Waals surface area contributed by atoms with Crippen LogP contribution in [0.3, 0.4) is 0 Å². The largest absolute Gasteiger partial charge is 0.356 e. The van der Waals surface area contributed by atoms with Crippen molar-refractivity contribution in [3.63, 3.8) is 0 Å². The number of nitrogens with zero attached hydrogens (tertiary/aromatic N) is 1. The molecule has 0 aliphatic heterocycles. The summed E-state index contributed by atoms with van der Waals surface area (Å²) in [7, 11) is 0. The van der Waals surface area contributed by atoms with Gasteiger partial charge in [0.25, 0.3) is 0 Å². The maximum atomic E-state index is 11.6. The van der Waals surface area contributed by atoms with Gasteiger partial charge in [-0.05, 0) is 20.3 Å². The minimum absolute atomic E-state index is 0.0771. The van der Waals surface area contributed by atoms with Crippen molar-refractivity contribution >= 4 is 11.8 Å². The molecule has 17 heavy (non-hydrogen) atoms. The average molecular weight is 243 g/mol. The molecule has 0 aliphatic carbocycles. The third-order valence-electron chi connectivity index (χ3n) is 2.75. The summed E-state index contributed by atoms with van der Waals surface area (Å²) in [4.78, 5) is 24.8. The molecule has 2 amide bonds. The third-order valence-corrected chi connectivity index (χ3v) is 2.75. The molecule has 0 bridgehead atoms. The predicted molar refractivity (Wildman–Crippen MR) is 68.4 cm³/mol. The molecule has 0 spiro atoms. The van der Waals surface area contributed by atoms with Crippen LogP contribution >= 0.6 is 0 Å². The highest BCUT2D eigenvalue weighted by molar-refractivity contribution is 5.79. The molecule has 0 fully saturated rings. The first-order valence-electron chi connectivity index (χ1n) is 6.35. The summed E-state index contributed by atoms with van der Waals surface area (Å²) in [6, 6.07) is -0.0894. The average Bonchev–Trinajstić information content (AvgIpc) is 2.30. The number of hydrogen-bond acceptors (Lipinski definition) is 3. The van der Waals surface area contributed by atoms with Gasteiger partial charge in [-0.15, -0.1) is 0 Å². The highest BCUT2D eigenvalue weighted by Crippen LogP contribution is 1.95. The lowest BCUT2D eigenvalue weighted by Gasteiger charge is -2.18. The number of nitrogens with one attached hydrogen (secondary N) is 1. The lowest BCUT2D eigenvalue weighted by molar-refractivity contribution is -0.130. The van der Waals surface area contributed by atoms with Crippen LogP contribution in [-0.2, 0) is 9.59 Å². The van der Waals surface area contributed by atoms with Crippen molar-refractivity contribution in [3.05, 3.63) is 0 Å². The Hall–Kier alpha value is -1.10. The zero-order valence-electron chi connectivity index (χ0n) is 11.2. The Morgan fingerprint density at radius 2 is 1.82 bits per heavy atom. The van der Waals surface area contributed by atoms with Crippen molar-refractivity contribution < 1.29 is 9.59 Å². The van der Waals surface area contributed by atoms with Gasteiger partial charge in [-0.25, -0.2) is 0 Å². The fourth-order valence-corrected chi connectivity index (χ4v) is 1.50. The van der Waals surface area contributed by atoms with Gasteiger partial charge < -0.3 is 16.0 Å². The van der Waals surface area contributed by atoms with Crippen molar-refractivity contribution in [1.29, 1.82) is 0 Å². The summed E-state index contributed by atoms with van der Waals surface area (Å²) >= 11 is 0. The van der Waals surface area contributed by atoms with Crippen molar-refractivity contribution in [1.82, 2.24) is 10.2 Å². The Bertz CT molecular complexity index is 240. The first-order chi connectivity index (χ1) is 8.04. The van der Waals surface area contributed by atoms with Crippen LogP contribution in [0.5, 0.6) is 0 Å². The summed E-state index contributed by atoms with van der Waals surface area (Å²) in [5.74, 6) is 0.00165. The zero-order valence-corrected chi connectivity index (χ0v) is 11.2. The van der Waals surface area contributed by atoms with Crippen LogP contribution in [0.2, 0.25) is 0 Å². The SMILES string of the molecule is CCC(N)CC(=O)NCCC(=O)N(CC)CC. The zero-order chi connectivity index (χ0) is 13.3. The Morgan fingerprint density at radius 1 is 1.24 bits per heavy atom. The van der Waals surface area contributed by atoms with Crippen LogP contribution in [-0.4, -0.2) is 42.4 Å². The van der Waals surface area contributed by atoms with E-state index in [-0.39, 0.29) is 17.9 Å². The summed E-state index contributed by atoms with van der Waals surface area (Å²) < 4.78 is 0. The predicted octanol–water partition coefficient (Wildman–Crippen LogP) is 0.489. The highest BCUT2D eigenvalue weighted by atomic mass is 16.2. The van der Waals surface area contributed by atoms with Crippen LogP contribution < -0.4 is 11.1 Å². The first-order valence-corrected chi connectivity index (χ1v) is 6.35. The van der Waals surface area contributed by atoms with Crippen LogP contribution in [0.25, 0.3) is 0 Å². The molecule has 0 aromatic heterocycles. The van der Waals surface area contributed by atoms with E-state index in [2.05, 4.69) is 5.32 Å². The second-order valence-electron chi connectivity index (χ2n) is 4.04. The number of carbonyl (C=O) groups is 2. The summed E-state index contributed by atoms with van der Waals surface area (Å²) in [5.41, 5.74) is 5.66. The highest BCUT2D eigenvalue weighted by Gasteiger charge is 2.11. The molecular weight excluding hydrogens is 218 g/mol. The molecule has 100 valence electrons. The molecule has 3 N–H and O–H groups in total. The van der Waals surface area contributed by atoms with Crippen LogP contribution in [0.1, 0.15) is 40.0 Å². The Balaban J connectivity index is 3.76. The van der Waals surface area contributed by atoms with Crippen LogP contribution in [0.4, 0.5) is 0 Å². The monoisotopic (exact) mass is 243 g/mol. The number of hydrogen-bond donors (Lipinski definition) is 2. The maximum absolute atomic E-state index is 11.6. The van der Waals surface area contributed by atoms with E-state index in [9.17, 15) is 9.59 Å². The standard InChI is InChI=1S/C12H25N3O2/c1-4-10(13)9-11(16)14-8-7-12(17)15(5-2)6-3/h10H,4-9,13H2,1-3H3,(H,14,16). The van der Waals surface area contributed by atoms with Gasteiger partial charge in [-0.2, -0.15) is 0 Å². The Labute approximate surface area is 104 Å². The van der Waals surface area contributed by atoms with Gasteiger partial charge in [0.05, 0.1) is 0 Å². The van der Waals surface area contributed by atoms with Crippen molar-refractivity contribution in [2.24, 2.45) is 5.73 Å². The molecule has 0 aliphatic rings. The van der Waals surface area contributed by atoms with E-state index < -0.39 is 0 Å². The molecule has 5 nitrogen and oxygen atoms in total. The second-order valence-corrected chi connectivity index (χ2v) is 4.04. The number of amides is 2. The third kappa shape index (κ3) is 6.94. The van der Waals surface area contributed by atoms with Gasteiger partial charge in [0, 0.05) is 38.5 Å². The molecule has 0 saturated heterocycles. The van der Waals surface area contributed by atoms with E-state index in [0.29, 0.717) is 32.5 Å². The molecule has 0 heterocycles. The molecule has 0 rings (SSSR count). The smallest absolute Gasteiger partial charge is 0.224 e. The number of carbonyl (C=O) groups excluding carboxylic acids is 2. The fraction of sp³-hybridized carbons (Fsp3) is 0.833. The minimum Gasteiger partial charge on any atom is -0.356 e. The lowest BCUT2D eigenvalue weighted by Crippen LogP contribution is -2.36. The molecule has 1 unspecified atom stereocenters. The maximum Gasteiger partial charge on any atom is 0.224 e. The van der Waals surface area contributed by atoms with E-state index >= 15 is 0 Å². The van der Waals surface area contributed by atoms with Crippen molar-refractivity contribution in [3.8, 4) is 0 Å². The second kappa shape index (κ2) is 8.98. The molecule has 0 radical (unpaired) electrons. The van der Waals surface area contributed by atoms with Gasteiger partial charge in [0.15, 0.2) is 0 Å². The minimum atomic E-state index is -0.0894. The summed E-state index contributed by atoms with van der Waals surface area (Å²) in [6.45, 7) is 7.65. The number of nitrogens with two attached hydrogens (primary N) is 1. The topological polar surface area (TPSA) is 75.4 Å². The number of rotatable bonds is 8. The van der Waals surface area contributed by atoms with E-state index in [0.717, 1.165) is 6.42 Å². The summed E-state index contributed by atoms with van der Waals surface area (Å²) in [5, 5.41) is 2.72. The van der Waals surface area contributed by atoms with Crippen molar-refractivity contribution in [2.75, 3.05) is 19.6 Å². The Kier molecular flexibility index (Phi) is 8.40. The van der Waals surface area contributed by atoms with E-state index in [4.69, 9.17) is 5.73 Å². The van der Waals surface area contributed by atoms with E-state index in [1.807, 2.05) is 20.8 Å². The summed E-state index contributed by atoms with van der Waals surface area (Å²) in [6.07, 6.45) is 1.47. The molecule has 0 aromatic carbocycles. The molecule has 0 saturated carbocycles. The van der Waals surface area contributed by atoms with E-state index in [1.165, 1.54) is 0 Å². The van der Waals surface area contributed by atoms with Crippen molar-refractivity contribution in [2.45, 2.75) is 46.1 Å². The van der Waals surface area contributed by atoms with Gasteiger partial charge in [-0.3, -0.25) is 9.59 Å². The van der Waals surface area contributed by atoms with Crippen LogP contribution in [0.15, 0.2) is 0 Å². The molecule has 5 heteroatoms. The van der Waals surface area contributed by atoms with Gasteiger partial charge >= 0.3 is 0 Å². The Morgan fingerprint density at radius 3 is 2.29 bits per heavy atom. The quantitative estimate of drug-likeness (QED) is 0.651. The van der Waals surface area contributed by atoms with E-state index in [1.54, 1.807) is 4.90 Å².